The molecule has 0 aromatic carbocycles. The van der Waals surface area contributed by atoms with Crippen LogP contribution in [0.15, 0.2) is 0 Å². The van der Waals surface area contributed by atoms with E-state index >= 15 is 0 Å². The average Bonchev–Trinajstić information content (AvgIpc) is 2.18. The molecule has 0 radical (unpaired) electrons. The van der Waals surface area contributed by atoms with Gasteiger partial charge in [-0.05, 0) is 17.8 Å². The van der Waals surface area contributed by atoms with E-state index in [1.165, 1.54) is 37.8 Å². The number of halogens is 1. The van der Waals surface area contributed by atoms with Gasteiger partial charge in [0.05, 0.1) is 8.07 Å². The Morgan fingerprint density at radius 3 is 1.94 bits per heavy atom. The minimum absolute atomic E-state index is 0.926. The van der Waals surface area contributed by atoms with Gasteiger partial charge in [-0.1, -0.05) is 64.6 Å². The van der Waals surface area contributed by atoms with Gasteiger partial charge in [0.1, 0.15) is 0 Å². The van der Waals surface area contributed by atoms with Gasteiger partial charge in [-0.15, -0.1) is 0 Å². The molecule has 16 heavy (non-hydrogen) atoms. The molecule has 1 heterocycles. The fourth-order valence-corrected chi connectivity index (χ4v) is 22.4. The molecule has 1 unspecified atom stereocenters. The summed E-state index contributed by atoms with van der Waals surface area (Å²) in [6, 6.07) is 7.53. The molecule has 0 bridgehead atoms. The van der Waals surface area contributed by atoms with Crippen LogP contribution in [0.2, 0.25) is 35.9 Å². The molecule has 0 saturated carbocycles. The molecule has 0 aromatic heterocycles. The highest BCUT2D eigenvalue weighted by Crippen LogP contribution is 2.45. The molecule has 96 valence electrons. The Balaban J connectivity index is 2.69. The first-order valence-corrected chi connectivity index (χ1v) is 13.7. The van der Waals surface area contributed by atoms with Gasteiger partial charge in [-0.25, -0.2) is 0 Å². The molecular weight excluding hydrogens is 248 g/mol. The van der Waals surface area contributed by atoms with E-state index in [1.54, 1.807) is 23.8 Å². The Morgan fingerprint density at radius 1 is 0.875 bits per heavy atom. The standard InChI is InChI=1S/C13H29ClSi2/c1-4-8-15(9-5-2)11-7-12-16(14,13-15)10-6-3/h4-13H2,1-3H3. The maximum absolute atomic E-state index is 7.00. The van der Waals surface area contributed by atoms with Crippen molar-refractivity contribution in [3.8, 4) is 0 Å². The fraction of sp³-hybridized carbons (Fsp3) is 1.00. The summed E-state index contributed by atoms with van der Waals surface area (Å²) in [6.45, 7) is 7.06. The maximum atomic E-state index is 7.00. The van der Waals surface area contributed by atoms with Crippen LogP contribution in [0.1, 0.15) is 46.5 Å². The van der Waals surface area contributed by atoms with Gasteiger partial charge in [0.2, 0.25) is 0 Å². The summed E-state index contributed by atoms with van der Waals surface area (Å²) in [6.07, 6.45) is 5.60. The van der Waals surface area contributed by atoms with Crippen LogP contribution in [0, 0.1) is 0 Å². The lowest BCUT2D eigenvalue weighted by atomic mass is 10.5. The molecule has 1 saturated heterocycles. The topological polar surface area (TPSA) is 0 Å². The Labute approximate surface area is 109 Å². The SMILES string of the molecule is CCC[Si]1(Cl)CCC[Si](CCC)(CCC)C1. The van der Waals surface area contributed by atoms with Gasteiger partial charge in [0.25, 0.3) is 0 Å². The summed E-state index contributed by atoms with van der Waals surface area (Å²) in [5, 5.41) is 0. The second-order valence-corrected chi connectivity index (χ2v) is 17.6. The van der Waals surface area contributed by atoms with Crippen molar-refractivity contribution in [1.29, 1.82) is 0 Å². The van der Waals surface area contributed by atoms with E-state index in [9.17, 15) is 0 Å². The molecule has 1 atom stereocenters. The molecule has 1 rings (SSSR count). The summed E-state index contributed by atoms with van der Waals surface area (Å²) >= 11 is 7.00. The van der Waals surface area contributed by atoms with Crippen LogP contribution >= 0.6 is 11.1 Å². The average molecular weight is 277 g/mol. The van der Waals surface area contributed by atoms with Crippen molar-refractivity contribution in [1.82, 2.24) is 0 Å². The van der Waals surface area contributed by atoms with Crippen LogP contribution in [-0.2, 0) is 0 Å². The summed E-state index contributed by atoms with van der Waals surface area (Å²) in [4.78, 5) is 0. The third-order valence-corrected chi connectivity index (χ3v) is 19.3. The zero-order valence-corrected chi connectivity index (χ0v) is 14.2. The molecule has 1 aliphatic rings. The quantitative estimate of drug-likeness (QED) is 0.425. The summed E-state index contributed by atoms with van der Waals surface area (Å²) < 4.78 is 0. The molecule has 0 spiro atoms. The van der Waals surface area contributed by atoms with Crippen LogP contribution in [0.25, 0.3) is 0 Å². The Hall–Kier alpha value is 0.724. The molecule has 1 fully saturated rings. The Morgan fingerprint density at radius 2 is 1.44 bits per heavy atom. The second kappa shape index (κ2) is 6.60. The zero-order valence-electron chi connectivity index (χ0n) is 11.4. The highest BCUT2D eigenvalue weighted by Gasteiger charge is 2.45. The van der Waals surface area contributed by atoms with Crippen LogP contribution in [-0.4, -0.2) is 15.5 Å². The molecule has 0 N–H and O–H groups in total. The molecule has 0 nitrogen and oxygen atoms in total. The number of rotatable bonds is 6. The molecule has 0 aromatic rings. The largest absolute Gasteiger partial charge is 0.167 e. The van der Waals surface area contributed by atoms with E-state index in [-0.39, 0.29) is 0 Å². The van der Waals surface area contributed by atoms with Gasteiger partial charge >= 0.3 is 0 Å². The minimum Gasteiger partial charge on any atom is -0.167 e. The first-order valence-electron chi connectivity index (χ1n) is 7.29. The monoisotopic (exact) mass is 276 g/mol. The van der Waals surface area contributed by atoms with Crippen LogP contribution in [0.5, 0.6) is 0 Å². The van der Waals surface area contributed by atoms with Gasteiger partial charge < -0.3 is 0 Å². The summed E-state index contributed by atoms with van der Waals surface area (Å²) in [7, 11) is -2.24. The third-order valence-electron chi connectivity index (χ3n) is 4.28. The Kier molecular flexibility index (Phi) is 6.10. The predicted molar refractivity (Wildman–Crippen MR) is 81.7 cm³/mol. The van der Waals surface area contributed by atoms with E-state index in [0.29, 0.717) is 0 Å². The normalized spacial score (nSPS) is 29.2. The van der Waals surface area contributed by atoms with E-state index in [4.69, 9.17) is 11.1 Å². The molecular formula is C13H29ClSi2. The van der Waals surface area contributed by atoms with Gasteiger partial charge in [0, 0.05) is 0 Å². The van der Waals surface area contributed by atoms with Gasteiger partial charge in [-0.3, -0.25) is 0 Å². The fourth-order valence-electron chi connectivity index (χ4n) is 3.90. The van der Waals surface area contributed by atoms with Crippen molar-refractivity contribution in [2.45, 2.75) is 82.3 Å². The molecule has 0 aliphatic carbocycles. The van der Waals surface area contributed by atoms with E-state index < -0.39 is 15.5 Å². The predicted octanol–water partition coefficient (Wildman–Crippen LogP) is 5.79. The third kappa shape index (κ3) is 3.88. The zero-order chi connectivity index (χ0) is 12.1. The lowest BCUT2D eigenvalue weighted by Gasteiger charge is -2.43. The lowest BCUT2D eigenvalue weighted by molar-refractivity contribution is 0.882. The van der Waals surface area contributed by atoms with Crippen molar-refractivity contribution in [2.24, 2.45) is 0 Å². The Bertz CT molecular complexity index is 193. The van der Waals surface area contributed by atoms with Crippen LogP contribution in [0.4, 0.5) is 0 Å². The van der Waals surface area contributed by atoms with E-state index in [0.717, 1.165) is 0 Å². The van der Waals surface area contributed by atoms with Gasteiger partial charge in [-0.2, -0.15) is 11.1 Å². The van der Waals surface area contributed by atoms with Crippen LogP contribution < -0.4 is 0 Å². The van der Waals surface area contributed by atoms with E-state index in [2.05, 4.69) is 20.8 Å². The van der Waals surface area contributed by atoms with Gasteiger partial charge in [0.15, 0.2) is 7.38 Å². The maximum Gasteiger partial charge on any atom is 0.154 e. The van der Waals surface area contributed by atoms with Crippen molar-refractivity contribution in [3.63, 3.8) is 0 Å². The van der Waals surface area contributed by atoms with Crippen molar-refractivity contribution in [2.75, 3.05) is 0 Å². The highest BCUT2D eigenvalue weighted by molar-refractivity contribution is 7.25. The molecule has 0 amide bonds. The molecule has 3 heteroatoms. The van der Waals surface area contributed by atoms with Crippen molar-refractivity contribution in [3.05, 3.63) is 0 Å². The molecule has 1 aliphatic heterocycles. The second-order valence-electron chi connectivity index (χ2n) is 5.93. The summed E-state index contributed by atoms with van der Waals surface area (Å²) in [5.41, 5.74) is 1.55. The highest BCUT2D eigenvalue weighted by atomic mass is 35.6. The smallest absolute Gasteiger partial charge is 0.154 e. The number of hydrogen-bond acceptors (Lipinski definition) is 0. The summed E-state index contributed by atoms with van der Waals surface area (Å²) in [5.74, 6) is 0. The van der Waals surface area contributed by atoms with Crippen LogP contribution in [0.3, 0.4) is 0 Å². The van der Waals surface area contributed by atoms with Crippen molar-refractivity contribution < 1.29 is 0 Å². The van der Waals surface area contributed by atoms with Crippen molar-refractivity contribution >= 4 is 26.5 Å². The first kappa shape index (κ1) is 14.8. The minimum atomic E-state index is -1.31. The van der Waals surface area contributed by atoms with E-state index in [1.807, 2.05) is 0 Å². The first-order chi connectivity index (χ1) is 7.60. The number of hydrogen-bond donors (Lipinski definition) is 0. The lowest BCUT2D eigenvalue weighted by Crippen LogP contribution is -2.47.